The van der Waals surface area contributed by atoms with Crippen molar-refractivity contribution in [2.45, 2.75) is 18.9 Å². The van der Waals surface area contributed by atoms with Gasteiger partial charge in [-0.2, -0.15) is 0 Å². The van der Waals surface area contributed by atoms with Crippen LogP contribution in [0.1, 0.15) is 12.8 Å². The molecule has 1 aliphatic carbocycles. The van der Waals surface area contributed by atoms with Gasteiger partial charge in [0.05, 0.1) is 12.6 Å². The molecule has 0 spiro atoms. The first kappa shape index (κ1) is 8.49. The van der Waals surface area contributed by atoms with Crippen molar-refractivity contribution >= 4 is 5.91 Å². The Morgan fingerprint density at radius 3 is 2.73 bits per heavy atom. The van der Waals surface area contributed by atoms with Crippen LogP contribution in [0.25, 0.3) is 0 Å². The summed E-state index contributed by atoms with van der Waals surface area (Å²) in [5.74, 6) is 0.203. The molecule has 0 aromatic carbocycles. The molecule has 4 nitrogen and oxygen atoms in total. The van der Waals surface area contributed by atoms with E-state index in [1.54, 1.807) is 0 Å². The zero-order valence-electron chi connectivity index (χ0n) is 6.42. The van der Waals surface area contributed by atoms with Gasteiger partial charge in [-0.3, -0.25) is 4.79 Å². The molecule has 0 aromatic heterocycles. The Hall–Kier alpha value is -0.610. The molecule has 1 rings (SSSR count). The number of primary amides is 1. The Morgan fingerprint density at radius 1 is 1.64 bits per heavy atom. The number of amides is 1. The highest BCUT2D eigenvalue weighted by molar-refractivity contribution is 5.75. The fourth-order valence-corrected chi connectivity index (χ4v) is 1.27. The number of nitrogens with one attached hydrogen (secondary N) is 1. The van der Waals surface area contributed by atoms with E-state index in [4.69, 9.17) is 10.8 Å². The van der Waals surface area contributed by atoms with Crippen molar-refractivity contribution < 1.29 is 9.90 Å². The largest absolute Gasteiger partial charge is 0.393 e. The first-order valence-corrected chi connectivity index (χ1v) is 3.85. The van der Waals surface area contributed by atoms with Crippen molar-refractivity contribution in [1.82, 2.24) is 5.32 Å². The lowest BCUT2D eigenvalue weighted by atomic mass is 9.82. The molecule has 1 amide bonds. The molecule has 0 heterocycles. The Morgan fingerprint density at radius 2 is 2.27 bits per heavy atom. The predicted octanol–water partition coefficient (Wildman–Crippen LogP) is -1.17. The average Bonchev–Trinajstić information content (AvgIpc) is 1.83. The zero-order valence-corrected chi connectivity index (χ0v) is 6.42. The normalized spacial score (nSPS) is 29.5. The Labute approximate surface area is 65.8 Å². The summed E-state index contributed by atoms with van der Waals surface area (Å²) in [6, 6.07) is 0. The Kier molecular flexibility index (Phi) is 2.84. The van der Waals surface area contributed by atoms with Crippen LogP contribution in [0.2, 0.25) is 0 Å². The molecular formula is C7H14N2O2. The van der Waals surface area contributed by atoms with Crippen LogP contribution in [-0.2, 0) is 4.79 Å². The van der Waals surface area contributed by atoms with Crippen LogP contribution in [-0.4, -0.2) is 30.2 Å². The molecule has 1 saturated carbocycles. The molecule has 0 saturated heterocycles. The molecule has 0 aromatic rings. The van der Waals surface area contributed by atoms with Crippen LogP contribution in [0.3, 0.4) is 0 Å². The van der Waals surface area contributed by atoms with Crippen molar-refractivity contribution in [3.05, 3.63) is 0 Å². The molecular weight excluding hydrogens is 144 g/mol. The molecule has 64 valence electrons. The first-order valence-electron chi connectivity index (χ1n) is 3.85. The van der Waals surface area contributed by atoms with E-state index in [9.17, 15) is 4.79 Å². The minimum atomic E-state index is -0.329. The molecule has 4 N–H and O–H groups in total. The fourth-order valence-electron chi connectivity index (χ4n) is 1.27. The van der Waals surface area contributed by atoms with Gasteiger partial charge in [0.2, 0.25) is 5.91 Å². The maximum atomic E-state index is 10.3. The third-order valence-electron chi connectivity index (χ3n) is 1.94. The zero-order chi connectivity index (χ0) is 8.27. The maximum absolute atomic E-state index is 10.3. The summed E-state index contributed by atoms with van der Waals surface area (Å²) in [6.07, 6.45) is 1.59. The minimum Gasteiger partial charge on any atom is -0.393 e. The van der Waals surface area contributed by atoms with Gasteiger partial charge in [0.25, 0.3) is 0 Å². The van der Waals surface area contributed by atoms with Crippen molar-refractivity contribution in [3.63, 3.8) is 0 Å². The fraction of sp³-hybridized carbons (Fsp3) is 0.857. The SMILES string of the molecule is NC(=O)CNC[C@H]1C[C@H](O)C1. The number of aliphatic hydroxyl groups is 1. The van der Waals surface area contributed by atoms with E-state index in [1.165, 1.54) is 0 Å². The van der Waals surface area contributed by atoms with E-state index in [-0.39, 0.29) is 18.6 Å². The van der Waals surface area contributed by atoms with Crippen LogP contribution >= 0.6 is 0 Å². The molecule has 0 radical (unpaired) electrons. The number of carbonyl (C=O) groups is 1. The number of hydrogen-bond donors (Lipinski definition) is 3. The number of nitrogens with two attached hydrogens (primary N) is 1. The van der Waals surface area contributed by atoms with Gasteiger partial charge in [-0.1, -0.05) is 0 Å². The highest BCUT2D eigenvalue weighted by atomic mass is 16.3. The molecule has 4 heteroatoms. The predicted molar refractivity (Wildman–Crippen MR) is 40.8 cm³/mol. The van der Waals surface area contributed by atoms with Gasteiger partial charge in [0.1, 0.15) is 0 Å². The standard InChI is InChI=1S/C7H14N2O2/c8-7(11)4-9-3-5-1-6(10)2-5/h5-6,9-10H,1-4H2,(H2,8,11)/t5-,6-. The molecule has 11 heavy (non-hydrogen) atoms. The van der Waals surface area contributed by atoms with Crippen molar-refractivity contribution in [3.8, 4) is 0 Å². The lowest BCUT2D eigenvalue weighted by Crippen LogP contribution is -2.39. The number of rotatable bonds is 4. The van der Waals surface area contributed by atoms with Gasteiger partial charge in [-0.05, 0) is 25.3 Å². The Bertz CT molecular complexity index is 143. The van der Waals surface area contributed by atoms with Gasteiger partial charge < -0.3 is 16.2 Å². The summed E-state index contributed by atoms with van der Waals surface area (Å²) < 4.78 is 0. The van der Waals surface area contributed by atoms with Crippen molar-refractivity contribution in [2.24, 2.45) is 11.7 Å². The first-order chi connectivity index (χ1) is 5.18. The second-order valence-electron chi connectivity index (χ2n) is 3.09. The monoisotopic (exact) mass is 158 g/mol. The topological polar surface area (TPSA) is 75.4 Å². The van der Waals surface area contributed by atoms with E-state index in [0.717, 1.165) is 19.4 Å². The van der Waals surface area contributed by atoms with Gasteiger partial charge in [-0.25, -0.2) is 0 Å². The van der Waals surface area contributed by atoms with Gasteiger partial charge in [-0.15, -0.1) is 0 Å². The summed E-state index contributed by atoms with van der Waals surface area (Å²) in [5, 5.41) is 11.8. The number of aliphatic hydroxyl groups excluding tert-OH is 1. The van der Waals surface area contributed by atoms with Crippen LogP contribution in [0.4, 0.5) is 0 Å². The van der Waals surface area contributed by atoms with Crippen LogP contribution in [0, 0.1) is 5.92 Å². The summed E-state index contributed by atoms with van der Waals surface area (Å²) in [5.41, 5.74) is 4.91. The molecule has 0 bridgehead atoms. The number of carbonyl (C=O) groups excluding carboxylic acids is 1. The van der Waals surface area contributed by atoms with Crippen LogP contribution < -0.4 is 11.1 Å². The molecule has 1 aliphatic rings. The van der Waals surface area contributed by atoms with E-state index >= 15 is 0 Å². The molecule has 0 atom stereocenters. The quantitative estimate of drug-likeness (QED) is 0.482. The smallest absolute Gasteiger partial charge is 0.231 e. The summed E-state index contributed by atoms with van der Waals surface area (Å²) >= 11 is 0. The van der Waals surface area contributed by atoms with E-state index in [0.29, 0.717) is 5.92 Å². The molecule has 1 fully saturated rings. The van der Waals surface area contributed by atoms with Gasteiger partial charge in [0.15, 0.2) is 0 Å². The van der Waals surface area contributed by atoms with Crippen LogP contribution in [0.5, 0.6) is 0 Å². The summed E-state index contributed by atoms with van der Waals surface area (Å²) in [6.45, 7) is 1.03. The third kappa shape index (κ3) is 2.86. The van der Waals surface area contributed by atoms with Gasteiger partial charge in [0, 0.05) is 0 Å². The summed E-state index contributed by atoms with van der Waals surface area (Å²) in [7, 11) is 0. The van der Waals surface area contributed by atoms with E-state index in [1.807, 2.05) is 0 Å². The lowest BCUT2D eigenvalue weighted by molar-refractivity contribution is -0.117. The lowest BCUT2D eigenvalue weighted by Gasteiger charge is -2.31. The highest BCUT2D eigenvalue weighted by Gasteiger charge is 2.26. The third-order valence-corrected chi connectivity index (χ3v) is 1.94. The minimum absolute atomic E-state index is 0.115. The highest BCUT2D eigenvalue weighted by Crippen LogP contribution is 2.25. The molecule has 0 unspecified atom stereocenters. The Balaban J connectivity index is 1.92. The average molecular weight is 158 g/mol. The van der Waals surface area contributed by atoms with Crippen molar-refractivity contribution in [1.29, 1.82) is 0 Å². The van der Waals surface area contributed by atoms with E-state index in [2.05, 4.69) is 5.32 Å². The second kappa shape index (κ2) is 3.69. The van der Waals surface area contributed by atoms with Crippen LogP contribution in [0.15, 0.2) is 0 Å². The maximum Gasteiger partial charge on any atom is 0.231 e. The van der Waals surface area contributed by atoms with Crippen molar-refractivity contribution in [2.75, 3.05) is 13.1 Å². The molecule has 0 aliphatic heterocycles. The van der Waals surface area contributed by atoms with Gasteiger partial charge >= 0.3 is 0 Å². The van der Waals surface area contributed by atoms with E-state index < -0.39 is 0 Å². The number of hydrogen-bond acceptors (Lipinski definition) is 3. The second-order valence-corrected chi connectivity index (χ2v) is 3.09. The summed E-state index contributed by atoms with van der Waals surface area (Å²) in [4.78, 5) is 10.3.